The first-order chi connectivity index (χ1) is 11.7. The summed E-state index contributed by atoms with van der Waals surface area (Å²) >= 11 is 0. The molecule has 128 valence electrons. The van der Waals surface area contributed by atoms with Gasteiger partial charge in [-0.15, -0.1) is 6.58 Å². The number of hydrogen-bond acceptors (Lipinski definition) is 3. The number of allylic oxidation sites excluding steroid dienone is 1. The van der Waals surface area contributed by atoms with Crippen molar-refractivity contribution in [1.82, 2.24) is 5.32 Å². The second-order valence-corrected chi connectivity index (χ2v) is 5.87. The molecule has 0 heterocycles. The summed E-state index contributed by atoms with van der Waals surface area (Å²) < 4.78 is 11.3. The van der Waals surface area contributed by atoms with Gasteiger partial charge >= 0.3 is 0 Å². The summed E-state index contributed by atoms with van der Waals surface area (Å²) in [6, 6.07) is 16.9. The van der Waals surface area contributed by atoms with Gasteiger partial charge in [0.15, 0.2) is 11.5 Å². The smallest absolute Gasteiger partial charge is 0.161 e. The molecule has 2 aromatic carbocycles. The van der Waals surface area contributed by atoms with Crippen molar-refractivity contribution >= 4 is 0 Å². The molecular weight excluding hydrogens is 298 g/mol. The van der Waals surface area contributed by atoms with E-state index in [9.17, 15) is 0 Å². The summed E-state index contributed by atoms with van der Waals surface area (Å²) in [5.74, 6) is 1.55. The molecular formula is C21H27NO2. The van der Waals surface area contributed by atoms with E-state index in [4.69, 9.17) is 9.47 Å². The van der Waals surface area contributed by atoms with Gasteiger partial charge in [-0.3, -0.25) is 0 Å². The quantitative estimate of drug-likeness (QED) is 0.528. The zero-order valence-electron chi connectivity index (χ0n) is 14.6. The molecule has 1 atom stereocenters. The van der Waals surface area contributed by atoms with E-state index in [0.717, 1.165) is 30.9 Å². The van der Waals surface area contributed by atoms with Gasteiger partial charge < -0.3 is 14.8 Å². The van der Waals surface area contributed by atoms with Crippen LogP contribution < -0.4 is 14.8 Å². The van der Waals surface area contributed by atoms with Crippen molar-refractivity contribution in [1.29, 1.82) is 0 Å². The molecule has 0 saturated carbocycles. The van der Waals surface area contributed by atoms with Crippen molar-refractivity contribution in [2.75, 3.05) is 20.3 Å². The molecule has 0 saturated heterocycles. The van der Waals surface area contributed by atoms with Crippen molar-refractivity contribution in [2.24, 2.45) is 0 Å². The molecule has 0 aliphatic rings. The fourth-order valence-electron chi connectivity index (χ4n) is 2.63. The lowest BCUT2D eigenvalue weighted by molar-refractivity contribution is 0.287. The molecule has 0 aliphatic heterocycles. The first-order valence-corrected chi connectivity index (χ1v) is 8.41. The summed E-state index contributed by atoms with van der Waals surface area (Å²) in [5.41, 5.74) is 2.52. The lowest BCUT2D eigenvalue weighted by Crippen LogP contribution is -2.31. The van der Waals surface area contributed by atoms with Crippen LogP contribution in [0.25, 0.3) is 0 Å². The van der Waals surface area contributed by atoms with Gasteiger partial charge in [-0.1, -0.05) is 42.5 Å². The average Bonchev–Trinajstić information content (AvgIpc) is 2.60. The van der Waals surface area contributed by atoms with Gasteiger partial charge in [-0.25, -0.2) is 0 Å². The Balaban J connectivity index is 1.76. The lowest BCUT2D eigenvalue weighted by Gasteiger charge is -2.15. The number of nitrogens with one attached hydrogen (secondary N) is 1. The Morgan fingerprint density at radius 1 is 1.08 bits per heavy atom. The topological polar surface area (TPSA) is 30.5 Å². The predicted molar refractivity (Wildman–Crippen MR) is 100 cm³/mol. The maximum Gasteiger partial charge on any atom is 0.161 e. The van der Waals surface area contributed by atoms with Crippen LogP contribution in [-0.2, 0) is 12.8 Å². The predicted octanol–water partition coefficient (Wildman–Crippen LogP) is 4.02. The molecule has 0 radical (unpaired) electrons. The molecule has 3 heteroatoms. The van der Waals surface area contributed by atoms with Gasteiger partial charge in [0.05, 0.1) is 7.11 Å². The summed E-state index contributed by atoms with van der Waals surface area (Å²) in [4.78, 5) is 0. The van der Waals surface area contributed by atoms with Gasteiger partial charge in [0.1, 0.15) is 6.61 Å². The fourth-order valence-corrected chi connectivity index (χ4v) is 2.63. The van der Waals surface area contributed by atoms with Crippen LogP contribution in [0, 0.1) is 0 Å². The summed E-state index contributed by atoms with van der Waals surface area (Å²) in [6.07, 6.45) is 3.73. The first kappa shape index (κ1) is 18.1. The molecule has 0 aliphatic carbocycles. The van der Waals surface area contributed by atoms with Gasteiger partial charge in [0, 0.05) is 12.6 Å². The maximum absolute atomic E-state index is 5.85. The fraction of sp³-hybridized carbons (Fsp3) is 0.333. The highest BCUT2D eigenvalue weighted by Crippen LogP contribution is 2.28. The maximum atomic E-state index is 5.85. The third-order valence-electron chi connectivity index (χ3n) is 3.85. The van der Waals surface area contributed by atoms with Crippen LogP contribution in [-0.4, -0.2) is 26.3 Å². The second-order valence-electron chi connectivity index (χ2n) is 5.87. The van der Waals surface area contributed by atoms with Crippen LogP contribution in [0.15, 0.2) is 61.2 Å². The normalized spacial score (nSPS) is 11.8. The zero-order valence-corrected chi connectivity index (χ0v) is 14.6. The molecule has 2 aromatic rings. The monoisotopic (exact) mass is 325 g/mol. The zero-order chi connectivity index (χ0) is 17.2. The molecule has 0 amide bonds. The van der Waals surface area contributed by atoms with E-state index in [0.29, 0.717) is 12.6 Å². The van der Waals surface area contributed by atoms with E-state index in [-0.39, 0.29) is 0 Å². The largest absolute Gasteiger partial charge is 0.493 e. The van der Waals surface area contributed by atoms with Crippen molar-refractivity contribution < 1.29 is 9.47 Å². The Bertz CT molecular complexity index is 625. The highest BCUT2D eigenvalue weighted by Gasteiger charge is 2.06. The number of methoxy groups -OCH3 is 1. The third kappa shape index (κ3) is 5.74. The van der Waals surface area contributed by atoms with Crippen LogP contribution in [0.1, 0.15) is 18.1 Å². The SMILES string of the molecule is C=CCc1ccc(OCCNC(C)Cc2ccccc2)c(OC)c1. The highest BCUT2D eigenvalue weighted by atomic mass is 16.5. The minimum Gasteiger partial charge on any atom is -0.493 e. The molecule has 0 spiro atoms. The standard InChI is InChI=1S/C21H27NO2/c1-4-8-18-11-12-20(21(16-18)23-3)24-14-13-22-17(2)15-19-9-6-5-7-10-19/h4-7,9-12,16-17,22H,1,8,13-15H2,2-3H3. The Kier molecular flexibility index (Phi) is 7.37. The van der Waals surface area contributed by atoms with Gasteiger partial charge in [-0.2, -0.15) is 0 Å². The number of ether oxygens (including phenoxy) is 2. The Hall–Kier alpha value is -2.26. The average molecular weight is 325 g/mol. The van der Waals surface area contributed by atoms with E-state index in [1.165, 1.54) is 11.1 Å². The summed E-state index contributed by atoms with van der Waals surface area (Å²) in [7, 11) is 1.67. The highest BCUT2D eigenvalue weighted by molar-refractivity contribution is 5.43. The van der Waals surface area contributed by atoms with E-state index >= 15 is 0 Å². The van der Waals surface area contributed by atoms with Crippen LogP contribution in [0.5, 0.6) is 11.5 Å². The molecule has 2 rings (SSSR count). The van der Waals surface area contributed by atoms with Crippen molar-refractivity contribution in [3.63, 3.8) is 0 Å². The van der Waals surface area contributed by atoms with Crippen LogP contribution in [0.4, 0.5) is 0 Å². The number of rotatable bonds is 10. The van der Waals surface area contributed by atoms with E-state index in [1.807, 2.05) is 30.3 Å². The molecule has 24 heavy (non-hydrogen) atoms. The Morgan fingerprint density at radius 3 is 2.58 bits per heavy atom. The van der Waals surface area contributed by atoms with Gasteiger partial charge in [0.25, 0.3) is 0 Å². The van der Waals surface area contributed by atoms with Crippen LogP contribution in [0.3, 0.4) is 0 Å². The number of benzene rings is 2. The minimum atomic E-state index is 0.410. The van der Waals surface area contributed by atoms with Gasteiger partial charge in [-0.05, 0) is 43.0 Å². The van der Waals surface area contributed by atoms with Crippen molar-refractivity contribution in [3.05, 3.63) is 72.3 Å². The van der Waals surface area contributed by atoms with Crippen molar-refractivity contribution in [3.8, 4) is 11.5 Å². The van der Waals surface area contributed by atoms with Crippen molar-refractivity contribution in [2.45, 2.75) is 25.8 Å². The Labute approximate surface area is 145 Å². The molecule has 0 aromatic heterocycles. The van der Waals surface area contributed by atoms with E-state index < -0.39 is 0 Å². The molecule has 1 unspecified atom stereocenters. The first-order valence-electron chi connectivity index (χ1n) is 8.41. The number of hydrogen-bond donors (Lipinski definition) is 1. The molecule has 1 N–H and O–H groups in total. The Morgan fingerprint density at radius 2 is 1.88 bits per heavy atom. The lowest BCUT2D eigenvalue weighted by atomic mass is 10.1. The minimum absolute atomic E-state index is 0.410. The van der Waals surface area contributed by atoms with E-state index in [1.54, 1.807) is 7.11 Å². The summed E-state index contributed by atoms with van der Waals surface area (Å²) in [6.45, 7) is 7.36. The molecule has 0 bridgehead atoms. The van der Waals surface area contributed by atoms with E-state index in [2.05, 4.69) is 43.1 Å². The summed E-state index contributed by atoms with van der Waals surface area (Å²) in [5, 5.41) is 3.49. The van der Waals surface area contributed by atoms with Gasteiger partial charge in [0.2, 0.25) is 0 Å². The second kappa shape index (κ2) is 9.78. The molecule has 0 fully saturated rings. The molecule has 3 nitrogen and oxygen atoms in total. The third-order valence-corrected chi connectivity index (χ3v) is 3.85. The van der Waals surface area contributed by atoms with Crippen LogP contribution in [0.2, 0.25) is 0 Å². The van der Waals surface area contributed by atoms with Crippen LogP contribution >= 0.6 is 0 Å².